The predicted octanol–water partition coefficient (Wildman–Crippen LogP) is 1.40. The third kappa shape index (κ3) is 2.75. The van der Waals surface area contributed by atoms with E-state index in [1.165, 1.54) is 6.20 Å². The van der Waals surface area contributed by atoms with E-state index < -0.39 is 0 Å². The molecular weight excluding hydrogens is 228 g/mol. The third-order valence-corrected chi connectivity index (χ3v) is 2.78. The normalized spacial score (nSPS) is 12.1. The summed E-state index contributed by atoms with van der Waals surface area (Å²) in [4.78, 5) is 18.1. The Morgan fingerprint density at radius 2 is 2.11 bits per heavy atom. The summed E-state index contributed by atoms with van der Waals surface area (Å²) in [5.41, 5.74) is 7.49. The maximum atomic E-state index is 11.5. The van der Waals surface area contributed by atoms with E-state index >= 15 is 0 Å². The largest absolute Gasteiger partial charge is 0.359 e. The second kappa shape index (κ2) is 5.46. The molecule has 18 heavy (non-hydrogen) atoms. The lowest BCUT2D eigenvalue weighted by molar-refractivity contribution is 0.864. The highest BCUT2D eigenvalue weighted by atomic mass is 16.1. The van der Waals surface area contributed by atoms with Gasteiger partial charge in [0.1, 0.15) is 0 Å². The van der Waals surface area contributed by atoms with Gasteiger partial charge in [-0.2, -0.15) is 0 Å². The first kappa shape index (κ1) is 12.3. The predicted molar refractivity (Wildman–Crippen MR) is 71.2 cm³/mol. The Kier molecular flexibility index (Phi) is 3.74. The lowest BCUT2D eigenvalue weighted by atomic mass is 10.1. The molecule has 94 valence electrons. The van der Waals surface area contributed by atoms with Gasteiger partial charge < -0.3 is 16.0 Å². The summed E-state index contributed by atoms with van der Waals surface area (Å²) >= 11 is 0. The number of aromatic nitrogens is 2. The summed E-state index contributed by atoms with van der Waals surface area (Å²) in [6, 6.07) is 7.97. The van der Waals surface area contributed by atoms with Crippen molar-refractivity contribution in [3.63, 3.8) is 0 Å². The zero-order valence-electron chi connectivity index (χ0n) is 10.2. The fourth-order valence-corrected chi connectivity index (χ4v) is 1.69. The number of nitrogens with zero attached hydrogens (tertiary/aromatic N) is 1. The Morgan fingerprint density at radius 3 is 2.72 bits per heavy atom. The molecule has 2 aromatic rings. The maximum absolute atomic E-state index is 11.5. The highest BCUT2D eigenvalue weighted by Crippen LogP contribution is 2.16. The van der Waals surface area contributed by atoms with Gasteiger partial charge in [-0.25, -0.2) is 4.98 Å². The second-order valence-electron chi connectivity index (χ2n) is 4.08. The molecule has 1 unspecified atom stereocenters. The van der Waals surface area contributed by atoms with E-state index in [1.54, 1.807) is 6.20 Å². The van der Waals surface area contributed by atoms with Gasteiger partial charge >= 0.3 is 0 Å². The number of hydrogen-bond donors (Lipinski definition) is 3. The Balaban J connectivity index is 2.14. The summed E-state index contributed by atoms with van der Waals surface area (Å²) in [6.45, 7) is 2.51. The molecule has 0 aliphatic heterocycles. The monoisotopic (exact) mass is 244 g/mol. The molecule has 0 saturated heterocycles. The topological polar surface area (TPSA) is 83.8 Å². The molecule has 0 aliphatic rings. The summed E-state index contributed by atoms with van der Waals surface area (Å²) in [7, 11) is 0. The summed E-state index contributed by atoms with van der Waals surface area (Å²) in [6.07, 6.45) is 3.06. The van der Waals surface area contributed by atoms with E-state index in [0.717, 1.165) is 11.1 Å². The molecule has 4 N–H and O–H groups in total. The Hall–Kier alpha value is -2.14. The van der Waals surface area contributed by atoms with Gasteiger partial charge in [0, 0.05) is 18.9 Å². The Bertz CT molecular complexity index is 562. The smallest absolute Gasteiger partial charge is 0.290 e. The lowest BCUT2D eigenvalue weighted by Crippen LogP contribution is -2.17. The maximum Gasteiger partial charge on any atom is 0.290 e. The van der Waals surface area contributed by atoms with Crippen LogP contribution in [0.3, 0.4) is 0 Å². The minimum absolute atomic E-state index is 0.00724. The SMILES string of the molecule is CC(Nc1ncc[nH]c1=O)c1ccc(CN)cc1. The van der Waals surface area contributed by atoms with Gasteiger partial charge in [-0.05, 0) is 18.1 Å². The molecule has 1 heterocycles. The minimum Gasteiger partial charge on any atom is -0.359 e. The Labute approximate surface area is 105 Å². The quantitative estimate of drug-likeness (QED) is 0.759. The van der Waals surface area contributed by atoms with Crippen LogP contribution in [0.4, 0.5) is 5.82 Å². The lowest BCUT2D eigenvalue weighted by Gasteiger charge is -2.14. The van der Waals surface area contributed by atoms with Crippen LogP contribution < -0.4 is 16.6 Å². The fraction of sp³-hybridized carbons (Fsp3) is 0.231. The molecule has 1 atom stereocenters. The highest BCUT2D eigenvalue weighted by Gasteiger charge is 2.07. The van der Waals surface area contributed by atoms with Crippen molar-refractivity contribution in [2.24, 2.45) is 5.73 Å². The van der Waals surface area contributed by atoms with Gasteiger partial charge in [0.2, 0.25) is 0 Å². The molecule has 1 aromatic heterocycles. The first-order chi connectivity index (χ1) is 8.70. The molecule has 2 rings (SSSR count). The van der Waals surface area contributed by atoms with Crippen LogP contribution in [-0.4, -0.2) is 9.97 Å². The number of hydrogen-bond acceptors (Lipinski definition) is 4. The average Bonchev–Trinajstić information content (AvgIpc) is 2.41. The minimum atomic E-state index is -0.220. The standard InChI is InChI=1S/C13H16N4O/c1-9(11-4-2-10(8-14)3-5-11)17-12-13(18)16-7-6-15-12/h2-7,9H,8,14H2,1H3,(H,15,17)(H,16,18). The fourth-order valence-electron chi connectivity index (χ4n) is 1.69. The number of nitrogens with two attached hydrogens (primary N) is 1. The van der Waals surface area contributed by atoms with Crippen LogP contribution in [0.2, 0.25) is 0 Å². The van der Waals surface area contributed by atoms with Crippen LogP contribution in [0.1, 0.15) is 24.1 Å². The van der Waals surface area contributed by atoms with Crippen LogP contribution in [0, 0.1) is 0 Å². The molecule has 5 nitrogen and oxygen atoms in total. The average molecular weight is 244 g/mol. The first-order valence-electron chi connectivity index (χ1n) is 5.80. The number of aromatic amines is 1. The summed E-state index contributed by atoms with van der Waals surface area (Å²) in [5, 5.41) is 3.08. The zero-order chi connectivity index (χ0) is 13.0. The van der Waals surface area contributed by atoms with Crippen molar-refractivity contribution in [1.29, 1.82) is 0 Å². The van der Waals surface area contributed by atoms with Gasteiger partial charge in [0.25, 0.3) is 5.56 Å². The van der Waals surface area contributed by atoms with Crippen molar-refractivity contribution in [1.82, 2.24) is 9.97 Å². The van der Waals surface area contributed by atoms with Crippen molar-refractivity contribution < 1.29 is 0 Å². The van der Waals surface area contributed by atoms with Crippen LogP contribution in [0.15, 0.2) is 41.5 Å². The van der Waals surface area contributed by atoms with E-state index in [-0.39, 0.29) is 11.6 Å². The van der Waals surface area contributed by atoms with E-state index in [9.17, 15) is 4.79 Å². The number of H-pyrrole nitrogens is 1. The van der Waals surface area contributed by atoms with Crippen LogP contribution >= 0.6 is 0 Å². The van der Waals surface area contributed by atoms with Crippen molar-refractivity contribution in [2.75, 3.05) is 5.32 Å². The van der Waals surface area contributed by atoms with E-state index in [1.807, 2.05) is 31.2 Å². The van der Waals surface area contributed by atoms with Crippen molar-refractivity contribution in [3.8, 4) is 0 Å². The Morgan fingerprint density at radius 1 is 1.39 bits per heavy atom. The van der Waals surface area contributed by atoms with E-state index in [0.29, 0.717) is 12.4 Å². The second-order valence-corrected chi connectivity index (χ2v) is 4.08. The highest BCUT2D eigenvalue weighted by molar-refractivity contribution is 5.36. The van der Waals surface area contributed by atoms with Gasteiger partial charge in [0.15, 0.2) is 5.82 Å². The van der Waals surface area contributed by atoms with Crippen LogP contribution in [0.25, 0.3) is 0 Å². The van der Waals surface area contributed by atoms with Gasteiger partial charge in [-0.15, -0.1) is 0 Å². The zero-order valence-corrected chi connectivity index (χ0v) is 10.2. The molecule has 0 aliphatic carbocycles. The molecular formula is C13H16N4O. The number of anilines is 1. The van der Waals surface area contributed by atoms with Crippen molar-refractivity contribution in [3.05, 3.63) is 58.1 Å². The van der Waals surface area contributed by atoms with E-state index in [2.05, 4.69) is 15.3 Å². The molecule has 5 heteroatoms. The molecule has 0 spiro atoms. The molecule has 0 fully saturated rings. The molecule has 0 saturated carbocycles. The summed E-state index contributed by atoms with van der Waals surface area (Å²) < 4.78 is 0. The van der Waals surface area contributed by atoms with Crippen LogP contribution in [0.5, 0.6) is 0 Å². The third-order valence-electron chi connectivity index (χ3n) is 2.78. The molecule has 0 bridgehead atoms. The number of nitrogens with one attached hydrogen (secondary N) is 2. The van der Waals surface area contributed by atoms with E-state index in [4.69, 9.17) is 5.73 Å². The number of benzene rings is 1. The van der Waals surface area contributed by atoms with Gasteiger partial charge in [-0.1, -0.05) is 24.3 Å². The van der Waals surface area contributed by atoms with Crippen molar-refractivity contribution >= 4 is 5.82 Å². The van der Waals surface area contributed by atoms with Gasteiger partial charge in [-0.3, -0.25) is 4.79 Å². The summed E-state index contributed by atoms with van der Waals surface area (Å²) in [5.74, 6) is 0.327. The number of rotatable bonds is 4. The molecule has 0 radical (unpaired) electrons. The molecule has 0 amide bonds. The molecule has 1 aromatic carbocycles. The first-order valence-corrected chi connectivity index (χ1v) is 5.80. The van der Waals surface area contributed by atoms with Gasteiger partial charge in [0.05, 0.1) is 6.04 Å². The van der Waals surface area contributed by atoms with Crippen LogP contribution in [-0.2, 0) is 6.54 Å². The van der Waals surface area contributed by atoms with Crippen molar-refractivity contribution in [2.45, 2.75) is 19.5 Å².